The molecule has 0 unspecified atom stereocenters. The van der Waals surface area contributed by atoms with Gasteiger partial charge in [-0.15, -0.1) is 0 Å². The van der Waals surface area contributed by atoms with E-state index >= 15 is 0 Å². The summed E-state index contributed by atoms with van der Waals surface area (Å²) in [5.74, 6) is 1.03. The minimum absolute atomic E-state index is 0.281. The third-order valence-corrected chi connectivity index (χ3v) is 2.74. The maximum absolute atomic E-state index is 9.39. The van der Waals surface area contributed by atoms with E-state index in [4.69, 9.17) is 16.3 Å². The van der Waals surface area contributed by atoms with E-state index in [1.54, 1.807) is 12.1 Å². The van der Waals surface area contributed by atoms with Crippen LogP contribution in [0.15, 0.2) is 42.5 Å². The molecule has 0 heterocycles. The molecule has 0 aliphatic heterocycles. The first kappa shape index (κ1) is 11.8. The van der Waals surface area contributed by atoms with Gasteiger partial charge in [-0.3, -0.25) is 0 Å². The Labute approximate surface area is 105 Å². The standard InChI is InChI=1S/C14H13ClO2/c1-10-8-13(6-7-14(10)16)17-9-11-2-4-12(15)5-3-11/h2-8,16H,9H2,1H3. The molecule has 3 heteroatoms. The maximum Gasteiger partial charge on any atom is 0.120 e. The van der Waals surface area contributed by atoms with Crippen molar-refractivity contribution in [3.63, 3.8) is 0 Å². The fraction of sp³-hybridized carbons (Fsp3) is 0.143. The molecule has 0 spiro atoms. The Kier molecular flexibility index (Phi) is 3.55. The Morgan fingerprint density at radius 3 is 2.47 bits per heavy atom. The average molecular weight is 249 g/mol. The van der Waals surface area contributed by atoms with Gasteiger partial charge in [0.15, 0.2) is 0 Å². The summed E-state index contributed by atoms with van der Waals surface area (Å²) in [6.07, 6.45) is 0. The number of aryl methyl sites for hydroxylation is 1. The van der Waals surface area contributed by atoms with E-state index < -0.39 is 0 Å². The zero-order valence-corrected chi connectivity index (χ0v) is 10.2. The fourth-order valence-electron chi connectivity index (χ4n) is 1.47. The molecule has 2 rings (SSSR count). The van der Waals surface area contributed by atoms with Gasteiger partial charge in [0.05, 0.1) is 0 Å². The van der Waals surface area contributed by atoms with E-state index in [1.165, 1.54) is 0 Å². The Bertz CT molecular complexity index is 506. The predicted molar refractivity (Wildman–Crippen MR) is 68.6 cm³/mol. The molecule has 0 fully saturated rings. The number of hydrogen-bond acceptors (Lipinski definition) is 2. The van der Waals surface area contributed by atoms with Crippen molar-refractivity contribution >= 4 is 11.6 Å². The molecule has 0 amide bonds. The van der Waals surface area contributed by atoms with Gasteiger partial charge in [0.1, 0.15) is 18.1 Å². The smallest absolute Gasteiger partial charge is 0.120 e. The SMILES string of the molecule is Cc1cc(OCc2ccc(Cl)cc2)ccc1O. The van der Waals surface area contributed by atoms with Crippen LogP contribution in [0.2, 0.25) is 5.02 Å². The highest BCUT2D eigenvalue weighted by molar-refractivity contribution is 6.30. The Morgan fingerprint density at radius 1 is 1.12 bits per heavy atom. The van der Waals surface area contributed by atoms with Gasteiger partial charge in [-0.2, -0.15) is 0 Å². The summed E-state index contributed by atoms with van der Waals surface area (Å²) in [5.41, 5.74) is 1.86. The molecule has 0 aliphatic carbocycles. The van der Waals surface area contributed by atoms with Crippen LogP contribution in [-0.4, -0.2) is 5.11 Å². The zero-order chi connectivity index (χ0) is 12.3. The van der Waals surface area contributed by atoms with Crippen LogP contribution in [0.4, 0.5) is 0 Å². The Balaban J connectivity index is 2.02. The molecule has 0 saturated heterocycles. The summed E-state index contributed by atoms with van der Waals surface area (Å²) < 4.78 is 5.61. The van der Waals surface area contributed by atoms with E-state index in [9.17, 15) is 5.11 Å². The van der Waals surface area contributed by atoms with Crippen molar-refractivity contribution in [3.8, 4) is 11.5 Å². The highest BCUT2D eigenvalue weighted by Gasteiger charge is 2.00. The molecule has 0 atom stereocenters. The number of halogens is 1. The van der Waals surface area contributed by atoms with Crippen molar-refractivity contribution in [1.29, 1.82) is 0 Å². The highest BCUT2D eigenvalue weighted by Crippen LogP contribution is 2.22. The molecular weight excluding hydrogens is 236 g/mol. The topological polar surface area (TPSA) is 29.5 Å². The highest BCUT2D eigenvalue weighted by atomic mass is 35.5. The lowest BCUT2D eigenvalue weighted by Crippen LogP contribution is -1.95. The third-order valence-electron chi connectivity index (χ3n) is 2.49. The van der Waals surface area contributed by atoms with Crippen LogP contribution in [-0.2, 0) is 6.61 Å². The molecule has 2 nitrogen and oxygen atoms in total. The summed E-state index contributed by atoms with van der Waals surface area (Å²) in [4.78, 5) is 0. The number of phenolic OH excluding ortho intramolecular Hbond substituents is 1. The van der Waals surface area contributed by atoms with Gasteiger partial charge in [0, 0.05) is 5.02 Å². The van der Waals surface area contributed by atoms with E-state index in [1.807, 2.05) is 37.3 Å². The second-order valence-corrected chi connectivity index (χ2v) is 4.30. The zero-order valence-electron chi connectivity index (χ0n) is 9.48. The fourth-order valence-corrected chi connectivity index (χ4v) is 1.59. The quantitative estimate of drug-likeness (QED) is 0.892. The minimum atomic E-state index is 0.281. The van der Waals surface area contributed by atoms with Crippen molar-refractivity contribution in [2.45, 2.75) is 13.5 Å². The molecule has 0 radical (unpaired) electrons. The molecule has 1 N–H and O–H groups in total. The largest absolute Gasteiger partial charge is 0.508 e. The van der Waals surface area contributed by atoms with Crippen LogP contribution in [0.5, 0.6) is 11.5 Å². The third kappa shape index (κ3) is 3.14. The van der Waals surface area contributed by atoms with E-state index in [0.29, 0.717) is 11.6 Å². The Hall–Kier alpha value is -1.67. The van der Waals surface area contributed by atoms with Gasteiger partial charge in [-0.25, -0.2) is 0 Å². The normalized spacial score (nSPS) is 10.2. The van der Waals surface area contributed by atoms with Crippen LogP contribution in [0.25, 0.3) is 0 Å². The molecule has 88 valence electrons. The minimum Gasteiger partial charge on any atom is -0.508 e. The first-order valence-electron chi connectivity index (χ1n) is 5.32. The number of benzene rings is 2. The average Bonchev–Trinajstić information content (AvgIpc) is 2.33. The summed E-state index contributed by atoms with van der Waals surface area (Å²) in [6.45, 7) is 2.33. The van der Waals surface area contributed by atoms with Crippen LogP contribution in [0.3, 0.4) is 0 Å². The van der Waals surface area contributed by atoms with Gasteiger partial charge in [-0.1, -0.05) is 23.7 Å². The number of ether oxygens (including phenoxy) is 1. The second kappa shape index (κ2) is 5.11. The van der Waals surface area contributed by atoms with E-state index in [0.717, 1.165) is 16.9 Å². The molecule has 0 bridgehead atoms. The monoisotopic (exact) mass is 248 g/mol. The number of hydrogen-bond donors (Lipinski definition) is 1. The molecular formula is C14H13ClO2. The molecule has 2 aromatic carbocycles. The molecule has 2 aromatic rings. The summed E-state index contributed by atoms with van der Waals surface area (Å²) >= 11 is 5.80. The van der Waals surface area contributed by atoms with Gasteiger partial charge < -0.3 is 9.84 Å². The lowest BCUT2D eigenvalue weighted by molar-refractivity contribution is 0.305. The summed E-state index contributed by atoms with van der Waals surface area (Å²) in [5, 5.41) is 10.1. The number of phenols is 1. The van der Waals surface area contributed by atoms with Gasteiger partial charge in [-0.05, 0) is 48.4 Å². The van der Waals surface area contributed by atoms with Crippen molar-refractivity contribution in [2.75, 3.05) is 0 Å². The number of aromatic hydroxyl groups is 1. The maximum atomic E-state index is 9.39. The van der Waals surface area contributed by atoms with Crippen LogP contribution >= 0.6 is 11.6 Å². The first-order valence-corrected chi connectivity index (χ1v) is 5.70. The molecule has 17 heavy (non-hydrogen) atoms. The van der Waals surface area contributed by atoms with Crippen molar-refractivity contribution in [2.24, 2.45) is 0 Å². The summed E-state index contributed by atoms with van der Waals surface area (Å²) in [6, 6.07) is 12.7. The van der Waals surface area contributed by atoms with Crippen molar-refractivity contribution < 1.29 is 9.84 Å². The summed E-state index contributed by atoms with van der Waals surface area (Å²) in [7, 11) is 0. The Morgan fingerprint density at radius 2 is 1.82 bits per heavy atom. The lowest BCUT2D eigenvalue weighted by Gasteiger charge is -2.07. The number of rotatable bonds is 3. The van der Waals surface area contributed by atoms with Gasteiger partial charge in [0.25, 0.3) is 0 Å². The molecule has 0 aliphatic rings. The first-order chi connectivity index (χ1) is 8.15. The predicted octanol–water partition coefficient (Wildman–Crippen LogP) is 3.93. The van der Waals surface area contributed by atoms with Crippen LogP contribution in [0.1, 0.15) is 11.1 Å². The lowest BCUT2D eigenvalue weighted by atomic mass is 10.2. The van der Waals surface area contributed by atoms with Crippen LogP contribution < -0.4 is 4.74 Å². The van der Waals surface area contributed by atoms with E-state index in [2.05, 4.69) is 0 Å². The molecule has 0 aromatic heterocycles. The van der Waals surface area contributed by atoms with Crippen molar-refractivity contribution in [1.82, 2.24) is 0 Å². The van der Waals surface area contributed by atoms with Gasteiger partial charge in [0.2, 0.25) is 0 Å². The van der Waals surface area contributed by atoms with Crippen LogP contribution in [0, 0.1) is 6.92 Å². The van der Waals surface area contributed by atoms with Gasteiger partial charge >= 0.3 is 0 Å². The van der Waals surface area contributed by atoms with Crippen molar-refractivity contribution in [3.05, 3.63) is 58.6 Å². The molecule has 0 saturated carbocycles. The second-order valence-electron chi connectivity index (χ2n) is 3.86. The van der Waals surface area contributed by atoms with E-state index in [-0.39, 0.29) is 5.75 Å².